The van der Waals surface area contributed by atoms with Gasteiger partial charge in [-0.2, -0.15) is 0 Å². The minimum atomic E-state index is -0.945. The standard InChI is InChI=1S/C11H18N2O5/c1-17-11(16)13(8-2-3-8)7-9-6-12(10(14)15)4-5-18-9/h8-9H,2-7H2,1H3,(H,14,15). The first-order valence-electron chi connectivity index (χ1n) is 6.06. The summed E-state index contributed by atoms with van der Waals surface area (Å²) in [6.07, 6.45) is 0.372. The Labute approximate surface area is 105 Å². The van der Waals surface area contributed by atoms with E-state index >= 15 is 0 Å². The summed E-state index contributed by atoms with van der Waals surface area (Å²) in [5.74, 6) is 0. The number of hydrogen-bond acceptors (Lipinski definition) is 4. The van der Waals surface area contributed by atoms with E-state index in [9.17, 15) is 9.59 Å². The van der Waals surface area contributed by atoms with Crippen LogP contribution in [0.1, 0.15) is 12.8 Å². The Morgan fingerprint density at radius 2 is 2.22 bits per heavy atom. The third kappa shape index (κ3) is 3.04. The number of carboxylic acid groups (broad SMARTS) is 1. The van der Waals surface area contributed by atoms with Crippen LogP contribution in [0.15, 0.2) is 0 Å². The molecule has 2 rings (SSSR count). The fourth-order valence-electron chi connectivity index (χ4n) is 2.10. The van der Waals surface area contributed by atoms with E-state index < -0.39 is 6.09 Å². The van der Waals surface area contributed by atoms with Crippen molar-refractivity contribution in [1.82, 2.24) is 9.80 Å². The molecule has 2 amide bonds. The van der Waals surface area contributed by atoms with Crippen LogP contribution in [0.4, 0.5) is 9.59 Å². The summed E-state index contributed by atoms with van der Waals surface area (Å²) in [5, 5.41) is 8.93. The lowest BCUT2D eigenvalue weighted by atomic mass is 10.2. The number of nitrogens with zero attached hydrogens (tertiary/aromatic N) is 2. The van der Waals surface area contributed by atoms with Gasteiger partial charge in [-0.05, 0) is 12.8 Å². The summed E-state index contributed by atoms with van der Waals surface area (Å²) in [6, 6.07) is 0.223. The van der Waals surface area contributed by atoms with Crippen molar-refractivity contribution in [3.05, 3.63) is 0 Å². The molecule has 1 N–H and O–H groups in total. The van der Waals surface area contributed by atoms with Crippen LogP contribution in [0.2, 0.25) is 0 Å². The summed E-state index contributed by atoms with van der Waals surface area (Å²) < 4.78 is 10.2. The smallest absolute Gasteiger partial charge is 0.409 e. The predicted molar refractivity (Wildman–Crippen MR) is 61.5 cm³/mol. The first kappa shape index (κ1) is 12.9. The molecule has 2 fully saturated rings. The second-order valence-corrected chi connectivity index (χ2v) is 4.57. The largest absolute Gasteiger partial charge is 0.465 e. The first-order valence-corrected chi connectivity index (χ1v) is 6.06. The van der Waals surface area contributed by atoms with E-state index in [1.54, 1.807) is 4.90 Å². The average Bonchev–Trinajstić information content (AvgIpc) is 3.19. The molecule has 1 aliphatic carbocycles. The van der Waals surface area contributed by atoms with Gasteiger partial charge in [-0.25, -0.2) is 9.59 Å². The Morgan fingerprint density at radius 3 is 2.78 bits per heavy atom. The summed E-state index contributed by atoms with van der Waals surface area (Å²) in [7, 11) is 1.35. The van der Waals surface area contributed by atoms with Crippen molar-refractivity contribution in [1.29, 1.82) is 0 Å². The predicted octanol–water partition coefficient (Wildman–Crippen LogP) is 0.596. The second-order valence-electron chi connectivity index (χ2n) is 4.57. The van der Waals surface area contributed by atoms with Gasteiger partial charge in [0.05, 0.1) is 32.9 Å². The topological polar surface area (TPSA) is 79.3 Å². The minimum absolute atomic E-state index is 0.223. The molecule has 0 aromatic rings. The lowest BCUT2D eigenvalue weighted by molar-refractivity contribution is -0.0360. The van der Waals surface area contributed by atoms with Crippen molar-refractivity contribution in [2.45, 2.75) is 25.0 Å². The van der Waals surface area contributed by atoms with Gasteiger partial charge in [0.15, 0.2) is 0 Å². The average molecular weight is 258 g/mol. The Balaban J connectivity index is 1.90. The number of rotatable bonds is 3. The highest BCUT2D eigenvalue weighted by atomic mass is 16.5. The Hall–Kier alpha value is -1.50. The molecule has 0 spiro atoms. The van der Waals surface area contributed by atoms with Crippen LogP contribution in [-0.2, 0) is 9.47 Å². The zero-order valence-electron chi connectivity index (χ0n) is 10.4. The van der Waals surface area contributed by atoms with Gasteiger partial charge < -0.3 is 24.4 Å². The molecule has 1 saturated heterocycles. The number of ether oxygens (including phenoxy) is 2. The third-order valence-corrected chi connectivity index (χ3v) is 3.21. The quantitative estimate of drug-likeness (QED) is 0.801. The van der Waals surface area contributed by atoms with Crippen LogP contribution in [-0.4, -0.2) is 72.6 Å². The van der Waals surface area contributed by atoms with Crippen molar-refractivity contribution in [3.8, 4) is 0 Å². The van der Waals surface area contributed by atoms with Gasteiger partial charge in [0, 0.05) is 12.6 Å². The SMILES string of the molecule is COC(=O)N(CC1CN(C(=O)O)CCO1)C1CC1. The molecule has 1 aliphatic heterocycles. The van der Waals surface area contributed by atoms with Crippen LogP contribution in [0.5, 0.6) is 0 Å². The maximum atomic E-state index is 11.6. The molecular weight excluding hydrogens is 240 g/mol. The molecule has 0 radical (unpaired) electrons. The van der Waals surface area contributed by atoms with Crippen molar-refractivity contribution >= 4 is 12.2 Å². The van der Waals surface area contributed by atoms with Crippen LogP contribution < -0.4 is 0 Å². The number of morpholine rings is 1. The molecule has 7 heteroatoms. The number of amides is 2. The van der Waals surface area contributed by atoms with E-state index in [-0.39, 0.29) is 18.2 Å². The Bertz CT molecular complexity index is 331. The number of carbonyl (C=O) groups is 2. The molecule has 102 valence electrons. The van der Waals surface area contributed by atoms with Crippen molar-refractivity contribution in [3.63, 3.8) is 0 Å². The van der Waals surface area contributed by atoms with Crippen molar-refractivity contribution < 1.29 is 24.2 Å². The summed E-state index contributed by atoms with van der Waals surface area (Å²) in [6.45, 7) is 1.45. The molecule has 1 atom stereocenters. The molecule has 1 heterocycles. The van der Waals surface area contributed by atoms with Crippen molar-refractivity contribution in [2.75, 3.05) is 33.4 Å². The van der Waals surface area contributed by atoms with E-state index in [4.69, 9.17) is 14.6 Å². The number of carbonyl (C=O) groups excluding carboxylic acids is 1. The van der Waals surface area contributed by atoms with Crippen LogP contribution in [0.3, 0.4) is 0 Å². The van der Waals surface area contributed by atoms with E-state index in [2.05, 4.69) is 0 Å². The fourth-order valence-corrected chi connectivity index (χ4v) is 2.10. The van der Waals surface area contributed by atoms with Crippen LogP contribution >= 0.6 is 0 Å². The lowest BCUT2D eigenvalue weighted by Crippen LogP contribution is -2.50. The van der Waals surface area contributed by atoms with Gasteiger partial charge >= 0.3 is 12.2 Å². The van der Waals surface area contributed by atoms with E-state index in [1.807, 2.05) is 0 Å². The summed E-state index contributed by atoms with van der Waals surface area (Å²) in [4.78, 5) is 25.4. The van der Waals surface area contributed by atoms with Gasteiger partial charge in [-0.3, -0.25) is 0 Å². The van der Waals surface area contributed by atoms with Gasteiger partial charge in [0.1, 0.15) is 0 Å². The van der Waals surface area contributed by atoms with Crippen LogP contribution in [0, 0.1) is 0 Å². The zero-order valence-corrected chi connectivity index (χ0v) is 10.4. The number of methoxy groups -OCH3 is 1. The van der Waals surface area contributed by atoms with Crippen molar-refractivity contribution in [2.24, 2.45) is 0 Å². The van der Waals surface area contributed by atoms with Gasteiger partial charge in [-0.15, -0.1) is 0 Å². The zero-order chi connectivity index (χ0) is 13.1. The molecule has 1 unspecified atom stereocenters. The van der Waals surface area contributed by atoms with E-state index in [1.165, 1.54) is 12.0 Å². The fraction of sp³-hybridized carbons (Fsp3) is 0.818. The maximum Gasteiger partial charge on any atom is 0.409 e. The molecular formula is C11H18N2O5. The highest BCUT2D eigenvalue weighted by molar-refractivity contribution is 5.68. The number of hydrogen-bond donors (Lipinski definition) is 1. The highest BCUT2D eigenvalue weighted by Crippen LogP contribution is 2.28. The summed E-state index contributed by atoms with van der Waals surface area (Å²) in [5.41, 5.74) is 0. The minimum Gasteiger partial charge on any atom is -0.465 e. The second kappa shape index (κ2) is 5.43. The lowest BCUT2D eigenvalue weighted by Gasteiger charge is -2.34. The molecule has 18 heavy (non-hydrogen) atoms. The van der Waals surface area contributed by atoms with Crippen LogP contribution in [0.25, 0.3) is 0 Å². The molecule has 7 nitrogen and oxygen atoms in total. The van der Waals surface area contributed by atoms with Gasteiger partial charge in [0.2, 0.25) is 0 Å². The third-order valence-electron chi connectivity index (χ3n) is 3.21. The molecule has 0 aromatic carbocycles. The Morgan fingerprint density at radius 1 is 1.50 bits per heavy atom. The highest BCUT2D eigenvalue weighted by Gasteiger charge is 2.36. The molecule has 0 aromatic heterocycles. The summed E-state index contributed by atoms with van der Waals surface area (Å²) >= 11 is 0. The molecule has 2 aliphatic rings. The molecule has 0 bridgehead atoms. The van der Waals surface area contributed by atoms with Gasteiger partial charge in [0.25, 0.3) is 0 Å². The van der Waals surface area contributed by atoms with E-state index in [0.717, 1.165) is 12.8 Å². The monoisotopic (exact) mass is 258 g/mol. The first-order chi connectivity index (χ1) is 8.61. The molecule has 1 saturated carbocycles. The maximum absolute atomic E-state index is 11.6. The normalized spacial score (nSPS) is 23.6. The van der Waals surface area contributed by atoms with Gasteiger partial charge in [-0.1, -0.05) is 0 Å². The Kier molecular flexibility index (Phi) is 3.90. The van der Waals surface area contributed by atoms with E-state index in [0.29, 0.717) is 26.2 Å².